The zero-order chi connectivity index (χ0) is 16.7. The molecule has 0 saturated heterocycles. The standard InChI is InChI=1S/C18H29N5/c1-5-19-18(21-14(4)13(2)3)20-12-8-11-17-22-15-9-6-7-10-16(15)23-17/h6-7,9-10,13-14H,5,8,11-12H2,1-4H3,(H,22,23)(H2,19,20,21). The fourth-order valence-electron chi connectivity index (χ4n) is 2.26. The minimum Gasteiger partial charge on any atom is -0.357 e. The summed E-state index contributed by atoms with van der Waals surface area (Å²) >= 11 is 0. The number of para-hydroxylation sites is 2. The molecular formula is C18H29N5. The Morgan fingerprint density at radius 1 is 1.26 bits per heavy atom. The van der Waals surface area contributed by atoms with Crippen LogP contribution >= 0.6 is 0 Å². The lowest BCUT2D eigenvalue weighted by Gasteiger charge is -2.20. The topological polar surface area (TPSA) is 65.1 Å². The zero-order valence-corrected chi connectivity index (χ0v) is 14.7. The third kappa shape index (κ3) is 5.27. The van der Waals surface area contributed by atoms with Crippen LogP contribution in [-0.2, 0) is 6.42 Å². The Balaban J connectivity index is 1.85. The van der Waals surface area contributed by atoms with E-state index in [0.29, 0.717) is 12.0 Å². The molecule has 1 aromatic heterocycles. The molecular weight excluding hydrogens is 286 g/mol. The fraction of sp³-hybridized carbons (Fsp3) is 0.556. The van der Waals surface area contributed by atoms with Crippen molar-refractivity contribution in [1.29, 1.82) is 0 Å². The van der Waals surface area contributed by atoms with Crippen LogP contribution in [0.2, 0.25) is 0 Å². The molecule has 1 atom stereocenters. The lowest BCUT2D eigenvalue weighted by Crippen LogP contribution is -2.44. The summed E-state index contributed by atoms with van der Waals surface area (Å²) in [5.74, 6) is 2.52. The molecule has 0 aliphatic heterocycles. The number of rotatable bonds is 7. The Bertz CT molecular complexity index is 596. The minimum absolute atomic E-state index is 0.406. The van der Waals surface area contributed by atoms with Crippen molar-refractivity contribution >= 4 is 17.0 Å². The van der Waals surface area contributed by atoms with E-state index in [2.05, 4.69) is 59.4 Å². The van der Waals surface area contributed by atoms with E-state index >= 15 is 0 Å². The fourth-order valence-corrected chi connectivity index (χ4v) is 2.26. The number of aromatic amines is 1. The van der Waals surface area contributed by atoms with Crippen LogP contribution in [0.15, 0.2) is 29.3 Å². The lowest BCUT2D eigenvalue weighted by molar-refractivity contribution is 0.481. The summed E-state index contributed by atoms with van der Waals surface area (Å²) in [5.41, 5.74) is 2.14. The minimum atomic E-state index is 0.406. The van der Waals surface area contributed by atoms with Crippen LogP contribution in [0, 0.1) is 5.92 Å². The van der Waals surface area contributed by atoms with Gasteiger partial charge in [0.2, 0.25) is 0 Å². The van der Waals surface area contributed by atoms with Crippen molar-refractivity contribution in [2.45, 2.75) is 46.6 Å². The van der Waals surface area contributed by atoms with Gasteiger partial charge in [0.25, 0.3) is 0 Å². The van der Waals surface area contributed by atoms with Crippen molar-refractivity contribution < 1.29 is 0 Å². The van der Waals surface area contributed by atoms with E-state index in [9.17, 15) is 0 Å². The molecule has 3 N–H and O–H groups in total. The molecule has 5 heteroatoms. The highest BCUT2D eigenvalue weighted by molar-refractivity contribution is 5.80. The highest BCUT2D eigenvalue weighted by Gasteiger charge is 2.08. The van der Waals surface area contributed by atoms with E-state index in [4.69, 9.17) is 0 Å². The Labute approximate surface area is 139 Å². The normalized spacial score (nSPS) is 13.5. The molecule has 0 bridgehead atoms. The predicted molar refractivity (Wildman–Crippen MR) is 97.8 cm³/mol. The molecule has 1 aromatic carbocycles. The Morgan fingerprint density at radius 3 is 2.74 bits per heavy atom. The second-order valence-electron chi connectivity index (χ2n) is 6.24. The summed E-state index contributed by atoms with van der Waals surface area (Å²) in [6, 6.07) is 8.54. The second-order valence-corrected chi connectivity index (χ2v) is 6.24. The number of hydrogen-bond donors (Lipinski definition) is 3. The summed E-state index contributed by atoms with van der Waals surface area (Å²) < 4.78 is 0. The van der Waals surface area contributed by atoms with Crippen LogP contribution < -0.4 is 10.6 Å². The van der Waals surface area contributed by atoms with Gasteiger partial charge < -0.3 is 15.6 Å². The van der Waals surface area contributed by atoms with E-state index in [0.717, 1.165) is 48.7 Å². The Morgan fingerprint density at radius 2 is 2.04 bits per heavy atom. The molecule has 0 aliphatic carbocycles. The highest BCUT2D eigenvalue weighted by atomic mass is 15.2. The lowest BCUT2D eigenvalue weighted by atomic mass is 10.1. The van der Waals surface area contributed by atoms with Crippen molar-refractivity contribution in [2.24, 2.45) is 10.9 Å². The van der Waals surface area contributed by atoms with Crippen LogP contribution in [0.1, 0.15) is 39.9 Å². The number of guanidine groups is 1. The van der Waals surface area contributed by atoms with Crippen LogP contribution in [0.3, 0.4) is 0 Å². The highest BCUT2D eigenvalue weighted by Crippen LogP contribution is 2.11. The third-order valence-corrected chi connectivity index (χ3v) is 3.99. The summed E-state index contributed by atoms with van der Waals surface area (Å²) in [6.45, 7) is 10.4. The average molecular weight is 315 g/mol. The number of nitrogens with zero attached hydrogens (tertiary/aromatic N) is 2. The average Bonchev–Trinajstić information content (AvgIpc) is 2.94. The third-order valence-electron chi connectivity index (χ3n) is 3.99. The largest absolute Gasteiger partial charge is 0.357 e. The summed E-state index contributed by atoms with van der Waals surface area (Å²) in [7, 11) is 0. The van der Waals surface area contributed by atoms with Crippen LogP contribution in [0.5, 0.6) is 0 Å². The van der Waals surface area contributed by atoms with Gasteiger partial charge in [0.1, 0.15) is 5.82 Å². The number of hydrogen-bond acceptors (Lipinski definition) is 2. The van der Waals surface area contributed by atoms with E-state index in [1.165, 1.54) is 0 Å². The SMILES string of the molecule is CCNC(=NCCCc1nc2ccccc2[nH]1)NC(C)C(C)C. The molecule has 2 aromatic rings. The summed E-state index contributed by atoms with van der Waals surface area (Å²) in [4.78, 5) is 12.6. The summed E-state index contributed by atoms with van der Waals surface area (Å²) in [6.07, 6.45) is 1.89. The number of benzene rings is 1. The molecule has 23 heavy (non-hydrogen) atoms. The van der Waals surface area contributed by atoms with Gasteiger partial charge in [-0.25, -0.2) is 4.98 Å². The van der Waals surface area contributed by atoms with Crippen molar-refractivity contribution in [3.63, 3.8) is 0 Å². The van der Waals surface area contributed by atoms with Gasteiger partial charge in [0.15, 0.2) is 5.96 Å². The maximum atomic E-state index is 4.66. The van der Waals surface area contributed by atoms with E-state index in [-0.39, 0.29) is 0 Å². The van der Waals surface area contributed by atoms with Gasteiger partial charge in [-0.1, -0.05) is 26.0 Å². The first kappa shape index (κ1) is 17.3. The molecule has 0 amide bonds. The molecule has 126 valence electrons. The number of imidazole rings is 1. The first-order valence-electron chi connectivity index (χ1n) is 8.58. The molecule has 1 unspecified atom stereocenters. The number of aryl methyl sites for hydroxylation is 1. The first-order valence-corrected chi connectivity index (χ1v) is 8.58. The molecule has 2 rings (SSSR count). The number of nitrogens with one attached hydrogen (secondary N) is 3. The molecule has 0 aliphatic rings. The zero-order valence-electron chi connectivity index (χ0n) is 14.7. The monoisotopic (exact) mass is 315 g/mol. The maximum absolute atomic E-state index is 4.66. The molecule has 0 spiro atoms. The van der Waals surface area contributed by atoms with Gasteiger partial charge in [-0.3, -0.25) is 4.99 Å². The number of aliphatic imine (C=N–C) groups is 1. The van der Waals surface area contributed by atoms with Crippen LogP contribution in [-0.4, -0.2) is 35.1 Å². The molecule has 0 fully saturated rings. The maximum Gasteiger partial charge on any atom is 0.191 e. The number of H-pyrrole nitrogens is 1. The van der Waals surface area contributed by atoms with Gasteiger partial charge >= 0.3 is 0 Å². The Hall–Kier alpha value is -2.04. The quantitative estimate of drug-likeness (QED) is 0.418. The van der Waals surface area contributed by atoms with Crippen LogP contribution in [0.4, 0.5) is 0 Å². The van der Waals surface area contributed by atoms with Gasteiger partial charge in [0.05, 0.1) is 11.0 Å². The molecule has 0 saturated carbocycles. The van der Waals surface area contributed by atoms with E-state index in [1.54, 1.807) is 0 Å². The smallest absolute Gasteiger partial charge is 0.191 e. The molecule has 0 radical (unpaired) electrons. The molecule has 5 nitrogen and oxygen atoms in total. The first-order chi connectivity index (χ1) is 11.1. The second kappa shape index (κ2) is 8.56. The van der Waals surface area contributed by atoms with Crippen molar-refractivity contribution in [1.82, 2.24) is 20.6 Å². The van der Waals surface area contributed by atoms with Crippen molar-refractivity contribution in [2.75, 3.05) is 13.1 Å². The van der Waals surface area contributed by atoms with E-state index in [1.807, 2.05) is 18.2 Å². The number of fused-ring (bicyclic) bond motifs is 1. The van der Waals surface area contributed by atoms with Gasteiger partial charge in [-0.2, -0.15) is 0 Å². The van der Waals surface area contributed by atoms with Crippen molar-refractivity contribution in [3.8, 4) is 0 Å². The van der Waals surface area contributed by atoms with Gasteiger partial charge in [0, 0.05) is 25.6 Å². The Kier molecular flexibility index (Phi) is 6.44. The summed E-state index contributed by atoms with van der Waals surface area (Å²) in [5, 5.41) is 6.76. The van der Waals surface area contributed by atoms with Crippen molar-refractivity contribution in [3.05, 3.63) is 30.1 Å². The number of aromatic nitrogens is 2. The van der Waals surface area contributed by atoms with E-state index < -0.39 is 0 Å². The van der Waals surface area contributed by atoms with Gasteiger partial charge in [-0.05, 0) is 38.3 Å². The molecule has 1 heterocycles. The predicted octanol–water partition coefficient (Wildman–Crippen LogP) is 3.10. The van der Waals surface area contributed by atoms with Crippen LogP contribution in [0.25, 0.3) is 11.0 Å². The van der Waals surface area contributed by atoms with Gasteiger partial charge in [-0.15, -0.1) is 0 Å².